The Kier molecular flexibility index (Phi) is 6.53. The van der Waals surface area contributed by atoms with Crippen molar-refractivity contribution < 1.29 is 33.5 Å². The summed E-state index contributed by atoms with van der Waals surface area (Å²) < 4.78 is 25.3. The number of benzene rings is 2. The van der Waals surface area contributed by atoms with E-state index in [9.17, 15) is 19.1 Å². The third-order valence-corrected chi connectivity index (χ3v) is 5.99. The molecule has 1 atom stereocenters. The van der Waals surface area contributed by atoms with Crippen molar-refractivity contribution in [3.63, 3.8) is 0 Å². The van der Waals surface area contributed by atoms with Crippen LogP contribution < -0.4 is 14.7 Å². The van der Waals surface area contributed by atoms with E-state index in [1.807, 2.05) is 0 Å². The highest BCUT2D eigenvalue weighted by Gasteiger charge is 2.45. The topological polar surface area (TPSA) is 83.3 Å². The van der Waals surface area contributed by atoms with E-state index in [0.29, 0.717) is 25.5 Å². The van der Waals surface area contributed by atoms with Gasteiger partial charge in [-0.15, -0.1) is 0 Å². The van der Waals surface area contributed by atoms with Crippen LogP contribution in [-0.4, -0.2) is 63.1 Å². The number of ketones is 1. The molecule has 0 saturated carbocycles. The number of nitrogens with zero attached hydrogens (tertiary/aromatic N) is 1. The number of Topliss-reactive ketones (excluding diaryl/α,β-unsaturated/α-hetero) is 1. The number of methoxy groups -OCH3 is 1. The van der Waals surface area contributed by atoms with Crippen LogP contribution in [0.25, 0.3) is 5.76 Å². The van der Waals surface area contributed by atoms with Gasteiger partial charge in [-0.25, -0.2) is 4.39 Å². The predicted molar refractivity (Wildman–Crippen MR) is 112 cm³/mol. The number of amides is 1. The lowest BCUT2D eigenvalue weighted by Crippen LogP contribution is -3.14. The number of quaternary nitrogens is 1. The number of carbonyl (C=O) groups excluding carboxylic acids is 2. The second-order valence-corrected chi connectivity index (χ2v) is 7.84. The minimum Gasteiger partial charge on any atom is -0.872 e. The SMILES string of the molecule is COc1ccc(C([O-])=C2C(=O)C(=O)N(CC[NH+]3CCOCC3)C2c2ccccc2F)cc1. The van der Waals surface area contributed by atoms with Crippen molar-refractivity contribution in [1.82, 2.24) is 4.90 Å². The largest absolute Gasteiger partial charge is 0.872 e. The van der Waals surface area contributed by atoms with Gasteiger partial charge in [-0.05, 0) is 23.8 Å². The fraction of sp³-hybridized carbons (Fsp3) is 0.333. The van der Waals surface area contributed by atoms with E-state index in [1.54, 1.807) is 18.2 Å². The molecule has 0 aliphatic carbocycles. The lowest BCUT2D eigenvalue weighted by atomic mass is 9.95. The normalized spacial score (nSPS) is 21.2. The van der Waals surface area contributed by atoms with Crippen molar-refractivity contribution in [1.29, 1.82) is 0 Å². The average Bonchev–Trinajstić information content (AvgIpc) is 3.08. The highest BCUT2D eigenvalue weighted by Crippen LogP contribution is 2.39. The maximum absolute atomic E-state index is 14.8. The van der Waals surface area contributed by atoms with Gasteiger partial charge in [0.2, 0.25) is 5.78 Å². The molecule has 0 bridgehead atoms. The standard InChI is InChI=1S/C24H25FN2O5/c1-31-17-8-6-16(7-9-17)22(28)20-21(18-4-2-3-5-19(18)25)27(24(30)23(20)29)11-10-26-12-14-32-15-13-26/h2-9,21,28H,10-15H2,1H3. The number of halogens is 1. The van der Waals surface area contributed by atoms with Gasteiger partial charge in [0.1, 0.15) is 24.7 Å². The maximum atomic E-state index is 14.8. The Labute approximate surface area is 185 Å². The summed E-state index contributed by atoms with van der Waals surface area (Å²) in [7, 11) is 1.51. The minimum atomic E-state index is -1.06. The Morgan fingerprint density at radius 1 is 1.16 bits per heavy atom. The van der Waals surface area contributed by atoms with E-state index in [4.69, 9.17) is 9.47 Å². The number of hydrogen-bond donors (Lipinski definition) is 1. The zero-order valence-corrected chi connectivity index (χ0v) is 17.8. The van der Waals surface area contributed by atoms with Gasteiger partial charge in [-0.2, -0.15) is 0 Å². The summed E-state index contributed by atoms with van der Waals surface area (Å²) in [5.74, 6) is -2.25. The average molecular weight is 440 g/mol. The van der Waals surface area contributed by atoms with Gasteiger partial charge in [-0.3, -0.25) is 9.59 Å². The molecule has 0 aromatic heterocycles. The van der Waals surface area contributed by atoms with Crippen molar-refractivity contribution in [2.75, 3.05) is 46.5 Å². The van der Waals surface area contributed by atoms with E-state index in [0.717, 1.165) is 13.1 Å². The summed E-state index contributed by atoms with van der Waals surface area (Å²) in [5, 5.41) is 13.3. The summed E-state index contributed by atoms with van der Waals surface area (Å²) in [6.45, 7) is 3.66. The number of likely N-dealkylation sites (tertiary alicyclic amines) is 1. The van der Waals surface area contributed by atoms with Crippen molar-refractivity contribution in [3.05, 3.63) is 71.0 Å². The molecule has 2 saturated heterocycles. The highest BCUT2D eigenvalue weighted by atomic mass is 19.1. The van der Waals surface area contributed by atoms with Gasteiger partial charge >= 0.3 is 0 Å². The molecular weight excluding hydrogens is 415 g/mol. The van der Waals surface area contributed by atoms with E-state index in [-0.39, 0.29) is 23.2 Å². The molecule has 2 fully saturated rings. The Bertz CT molecular complexity index is 1030. The predicted octanol–water partition coefficient (Wildman–Crippen LogP) is -0.0266. The zero-order valence-electron chi connectivity index (χ0n) is 17.8. The number of rotatable bonds is 6. The molecule has 2 heterocycles. The first-order chi connectivity index (χ1) is 15.5. The van der Waals surface area contributed by atoms with Crippen LogP contribution in [0, 0.1) is 5.82 Å². The zero-order chi connectivity index (χ0) is 22.7. The van der Waals surface area contributed by atoms with Crippen LogP contribution in [0.15, 0.2) is 54.1 Å². The van der Waals surface area contributed by atoms with E-state index in [1.165, 1.54) is 47.2 Å². The first-order valence-electron chi connectivity index (χ1n) is 10.6. The Morgan fingerprint density at radius 2 is 1.84 bits per heavy atom. The molecule has 0 radical (unpaired) electrons. The fourth-order valence-electron chi connectivity index (χ4n) is 4.21. The fourth-order valence-corrected chi connectivity index (χ4v) is 4.21. The number of morpholine rings is 1. The van der Waals surface area contributed by atoms with Gasteiger partial charge < -0.3 is 24.4 Å². The first kappa shape index (κ1) is 22.0. The lowest BCUT2D eigenvalue weighted by Gasteiger charge is -2.30. The quantitative estimate of drug-likeness (QED) is 0.388. The number of carbonyl (C=O) groups is 2. The van der Waals surface area contributed by atoms with Crippen LogP contribution in [0.1, 0.15) is 17.2 Å². The van der Waals surface area contributed by atoms with Crippen molar-refractivity contribution in [2.24, 2.45) is 0 Å². The molecule has 2 aromatic carbocycles. The smallest absolute Gasteiger partial charge is 0.295 e. The molecule has 2 aromatic rings. The first-order valence-corrected chi connectivity index (χ1v) is 10.6. The molecule has 1 unspecified atom stereocenters. The Hall–Kier alpha value is -3.23. The summed E-state index contributed by atoms with van der Waals surface area (Å²) in [6.07, 6.45) is 0. The van der Waals surface area contributed by atoms with E-state index >= 15 is 0 Å². The molecule has 32 heavy (non-hydrogen) atoms. The van der Waals surface area contributed by atoms with Crippen LogP contribution in [-0.2, 0) is 14.3 Å². The lowest BCUT2D eigenvalue weighted by molar-refractivity contribution is -0.907. The summed E-state index contributed by atoms with van der Waals surface area (Å²) in [6, 6.07) is 11.2. The second-order valence-electron chi connectivity index (χ2n) is 7.84. The Morgan fingerprint density at radius 3 is 2.50 bits per heavy atom. The monoisotopic (exact) mass is 440 g/mol. The van der Waals surface area contributed by atoms with Crippen LogP contribution in [0.3, 0.4) is 0 Å². The van der Waals surface area contributed by atoms with Crippen molar-refractivity contribution in [2.45, 2.75) is 6.04 Å². The van der Waals surface area contributed by atoms with Gasteiger partial charge in [0, 0.05) is 11.1 Å². The van der Waals surface area contributed by atoms with Crippen LogP contribution in [0.2, 0.25) is 0 Å². The molecule has 168 valence electrons. The second kappa shape index (κ2) is 9.50. The number of nitrogens with one attached hydrogen (secondary N) is 1. The molecule has 1 amide bonds. The molecule has 1 N–H and O–H groups in total. The molecule has 4 rings (SSSR count). The van der Waals surface area contributed by atoms with Crippen LogP contribution in [0.4, 0.5) is 4.39 Å². The Balaban J connectivity index is 1.74. The summed E-state index contributed by atoms with van der Waals surface area (Å²) >= 11 is 0. The molecule has 8 heteroatoms. The third-order valence-electron chi connectivity index (χ3n) is 5.99. The van der Waals surface area contributed by atoms with Gasteiger partial charge in [0.05, 0.1) is 39.5 Å². The maximum Gasteiger partial charge on any atom is 0.295 e. The van der Waals surface area contributed by atoms with Crippen LogP contribution >= 0.6 is 0 Å². The van der Waals surface area contributed by atoms with Gasteiger partial charge in [-0.1, -0.05) is 36.1 Å². The minimum absolute atomic E-state index is 0.139. The van der Waals surface area contributed by atoms with Gasteiger partial charge in [0.25, 0.3) is 5.91 Å². The number of hydrogen-bond acceptors (Lipinski definition) is 5. The van der Waals surface area contributed by atoms with Crippen molar-refractivity contribution in [3.8, 4) is 5.75 Å². The third kappa shape index (κ3) is 4.24. The number of ether oxygens (including phenoxy) is 2. The molecule has 2 aliphatic rings. The van der Waals surface area contributed by atoms with Crippen molar-refractivity contribution >= 4 is 17.4 Å². The van der Waals surface area contributed by atoms with Crippen LogP contribution in [0.5, 0.6) is 5.75 Å². The summed E-state index contributed by atoms with van der Waals surface area (Å²) in [4.78, 5) is 28.5. The van der Waals surface area contributed by atoms with E-state index < -0.39 is 29.3 Å². The van der Waals surface area contributed by atoms with Gasteiger partial charge in [0.15, 0.2) is 0 Å². The van der Waals surface area contributed by atoms with E-state index in [2.05, 4.69) is 0 Å². The molecule has 2 aliphatic heterocycles. The molecular formula is C24H25FN2O5. The molecule has 7 nitrogen and oxygen atoms in total. The molecule has 0 spiro atoms. The highest BCUT2D eigenvalue weighted by molar-refractivity contribution is 6.46. The summed E-state index contributed by atoms with van der Waals surface area (Å²) in [5.41, 5.74) is 0.159.